The Kier molecular flexibility index (Phi) is 5.02. The van der Waals surface area contributed by atoms with Crippen LogP contribution in [0, 0.1) is 6.92 Å². The van der Waals surface area contributed by atoms with E-state index < -0.39 is 0 Å². The molecule has 1 aromatic carbocycles. The lowest BCUT2D eigenvalue weighted by Gasteiger charge is -2.32. The maximum atomic E-state index is 3.52. The molecule has 3 nitrogen and oxygen atoms in total. The first-order chi connectivity index (χ1) is 8.75. The molecule has 0 amide bonds. The van der Waals surface area contributed by atoms with E-state index in [0.29, 0.717) is 0 Å². The van der Waals surface area contributed by atoms with Gasteiger partial charge in [0.2, 0.25) is 0 Å². The summed E-state index contributed by atoms with van der Waals surface area (Å²) in [4.78, 5) is 4.97. The van der Waals surface area contributed by atoms with Gasteiger partial charge in [-0.05, 0) is 38.6 Å². The Bertz CT molecular complexity index is 357. The van der Waals surface area contributed by atoms with Crippen LogP contribution in [0.1, 0.15) is 12.0 Å². The van der Waals surface area contributed by atoms with Gasteiger partial charge < -0.3 is 15.1 Å². The van der Waals surface area contributed by atoms with Crippen LogP contribution in [-0.4, -0.2) is 56.1 Å². The van der Waals surface area contributed by atoms with Gasteiger partial charge >= 0.3 is 0 Å². The molecule has 0 spiro atoms. The minimum atomic E-state index is 1.07. The van der Waals surface area contributed by atoms with Crippen molar-refractivity contribution in [1.82, 2.24) is 9.80 Å². The standard InChI is InChI=1S/C15H25N3/c1-14-6-3-4-7-15(14)16-8-5-9-18-12-10-17(2)11-13-18/h3-4,6-7,16H,5,8-13H2,1-2H3. The fourth-order valence-corrected chi connectivity index (χ4v) is 2.37. The molecule has 1 aliphatic heterocycles. The van der Waals surface area contributed by atoms with Gasteiger partial charge in [0, 0.05) is 38.4 Å². The number of piperazine rings is 1. The number of para-hydroxylation sites is 1. The summed E-state index contributed by atoms with van der Waals surface area (Å²) < 4.78 is 0. The van der Waals surface area contributed by atoms with Crippen LogP contribution in [0.15, 0.2) is 24.3 Å². The molecule has 100 valence electrons. The lowest BCUT2D eigenvalue weighted by atomic mass is 10.2. The molecule has 2 rings (SSSR count). The maximum absolute atomic E-state index is 3.52. The fraction of sp³-hybridized carbons (Fsp3) is 0.600. The minimum absolute atomic E-state index is 1.07. The molecule has 0 saturated carbocycles. The molecule has 0 aliphatic carbocycles. The van der Waals surface area contributed by atoms with Crippen LogP contribution in [0.2, 0.25) is 0 Å². The molecule has 0 unspecified atom stereocenters. The Morgan fingerprint density at radius 2 is 1.83 bits per heavy atom. The molecule has 0 atom stereocenters. The van der Waals surface area contributed by atoms with Gasteiger partial charge in [-0.15, -0.1) is 0 Å². The van der Waals surface area contributed by atoms with Crippen molar-refractivity contribution in [3.05, 3.63) is 29.8 Å². The molecule has 1 N–H and O–H groups in total. The SMILES string of the molecule is Cc1ccccc1NCCCN1CCN(C)CC1. The van der Waals surface area contributed by atoms with Gasteiger partial charge in [-0.3, -0.25) is 0 Å². The minimum Gasteiger partial charge on any atom is -0.385 e. The maximum Gasteiger partial charge on any atom is 0.0369 e. The lowest BCUT2D eigenvalue weighted by molar-refractivity contribution is 0.154. The zero-order valence-corrected chi connectivity index (χ0v) is 11.7. The first-order valence-electron chi connectivity index (χ1n) is 6.96. The molecule has 0 radical (unpaired) electrons. The number of benzene rings is 1. The van der Waals surface area contributed by atoms with E-state index in [0.717, 1.165) is 6.54 Å². The van der Waals surface area contributed by atoms with E-state index in [1.165, 1.54) is 50.4 Å². The Labute approximate surface area is 111 Å². The molecule has 1 heterocycles. The van der Waals surface area contributed by atoms with Crippen LogP contribution in [0.3, 0.4) is 0 Å². The number of nitrogens with zero attached hydrogens (tertiary/aromatic N) is 2. The number of nitrogens with one attached hydrogen (secondary N) is 1. The van der Waals surface area contributed by atoms with Crippen molar-refractivity contribution in [1.29, 1.82) is 0 Å². The van der Waals surface area contributed by atoms with Crippen molar-refractivity contribution in [2.24, 2.45) is 0 Å². The third-order valence-electron chi connectivity index (χ3n) is 3.71. The van der Waals surface area contributed by atoms with Crippen molar-refractivity contribution in [3.63, 3.8) is 0 Å². The largest absolute Gasteiger partial charge is 0.385 e. The van der Waals surface area contributed by atoms with Crippen molar-refractivity contribution < 1.29 is 0 Å². The first-order valence-corrected chi connectivity index (χ1v) is 6.96. The second-order valence-electron chi connectivity index (χ2n) is 5.24. The van der Waals surface area contributed by atoms with Crippen LogP contribution in [0.4, 0.5) is 5.69 Å². The van der Waals surface area contributed by atoms with Gasteiger partial charge in [-0.2, -0.15) is 0 Å². The highest BCUT2D eigenvalue weighted by atomic mass is 15.2. The summed E-state index contributed by atoms with van der Waals surface area (Å²) in [6.07, 6.45) is 1.22. The molecular weight excluding hydrogens is 222 g/mol. The predicted molar refractivity (Wildman–Crippen MR) is 78.2 cm³/mol. The highest BCUT2D eigenvalue weighted by Gasteiger charge is 2.12. The lowest BCUT2D eigenvalue weighted by Crippen LogP contribution is -2.44. The molecule has 3 heteroatoms. The van der Waals surface area contributed by atoms with Crippen LogP contribution < -0.4 is 5.32 Å². The third-order valence-corrected chi connectivity index (χ3v) is 3.71. The summed E-state index contributed by atoms with van der Waals surface area (Å²) in [7, 11) is 2.21. The third kappa shape index (κ3) is 4.00. The van der Waals surface area contributed by atoms with Gasteiger partial charge in [-0.1, -0.05) is 18.2 Å². The van der Waals surface area contributed by atoms with Gasteiger partial charge in [0.15, 0.2) is 0 Å². The summed E-state index contributed by atoms with van der Waals surface area (Å²) in [6.45, 7) is 9.31. The second kappa shape index (κ2) is 6.76. The van der Waals surface area contributed by atoms with Gasteiger partial charge in [0.1, 0.15) is 0 Å². The molecule has 1 aromatic rings. The highest BCUT2D eigenvalue weighted by Crippen LogP contribution is 2.12. The van der Waals surface area contributed by atoms with Crippen LogP contribution in [-0.2, 0) is 0 Å². The van der Waals surface area contributed by atoms with Gasteiger partial charge in [0.05, 0.1) is 0 Å². The fourth-order valence-electron chi connectivity index (χ4n) is 2.37. The average molecular weight is 247 g/mol. The first kappa shape index (κ1) is 13.4. The number of rotatable bonds is 5. The van der Waals surface area contributed by atoms with Crippen molar-refractivity contribution in [2.75, 3.05) is 51.6 Å². The van der Waals surface area contributed by atoms with E-state index in [9.17, 15) is 0 Å². The number of aryl methyl sites for hydroxylation is 1. The molecule has 1 saturated heterocycles. The zero-order chi connectivity index (χ0) is 12.8. The van der Waals surface area contributed by atoms with E-state index in [1.54, 1.807) is 0 Å². The normalized spacial score (nSPS) is 17.9. The Hall–Kier alpha value is -1.06. The van der Waals surface area contributed by atoms with Crippen molar-refractivity contribution in [2.45, 2.75) is 13.3 Å². The Morgan fingerprint density at radius 1 is 1.11 bits per heavy atom. The second-order valence-corrected chi connectivity index (χ2v) is 5.24. The topological polar surface area (TPSA) is 18.5 Å². The molecule has 1 fully saturated rings. The summed E-state index contributed by atoms with van der Waals surface area (Å²) >= 11 is 0. The quantitative estimate of drug-likeness (QED) is 0.803. The predicted octanol–water partition coefficient (Wildman–Crippen LogP) is 2.04. The number of anilines is 1. The number of likely N-dealkylation sites (N-methyl/N-ethyl adjacent to an activating group) is 1. The number of hydrogen-bond acceptors (Lipinski definition) is 3. The Morgan fingerprint density at radius 3 is 2.56 bits per heavy atom. The summed E-state index contributed by atoms with van der Waals surface area (Å²) in [5.74, 6) is 0. The molecular formula is C15H25N3. The summed E-state index contributed by atoms with van der Waals surface area (Å²) in [5.41, 5.74) is 2.60. The van der Waals surface area contributed by atoms with Gasteiger partial charge in [0.25, 0.3) is 0 Å². The van der Waals surface area contributed by atoms with Crippen molar-refractivity contribution in [3.8, 4) is 0 Å². The smallest absolute Gasteiger partial charge is 0.0369 e. The van der Waals surface area contributed by atoms with E-state index in [2.05, 4.69) is 53.4 Å². The van der Waals surface area contributed by atoms with Crippen molar-refractivity contribution >= 4 is 5.69 Å². The van der Waals surface area contributed by atoms with Gasteiger partial charge in [-0.25, -0.2) is 0 Å². The summed E-state index contributed by atoms with van der Waals surface area (Å²) in [5, 5.41) is 3.52. The molecule has 18 heavy (non-hydrogen) atoms. The summed E-state index contributed by atoms with van der Waals surface area (Å²) in [6, 6.07) is 8.49. The van der Waals surface area contributed by atoms with E-state index in [1.807, 2.05) is 0 Å². The van der Waals surface area contributed by atoms with Crippen LogP contribution in [0.5, 0.6) is 0 Å². The zero-order valence-electron chi connectivity index (χ0n) is 11.7. The molecule has 0 bridgehead atoms. The molecule has 0 aromatic heterocycles. The molecule has 1 aliphatic rings. The van der Waals surface area contributed by atoms with Crippen LogP contribution >= 0.6 is 0 Å². The highest BCUT2D eigenvalue weighted by molar-refractivity contribution is 5.50. The number of hydrogen-bond donors (Lipinski definition) is 1. The van der Waals surface area contributed by atoms with E-state index in [-0.39, 0.29) is 0 Å². The van der Waals surface area contributed by atoms with Crippen LogP contribution in [0.25, 0.3) is 0 Å². The monoisotopic (exact) mass is 247 g/mol. The van der Waals surface area contributed by atoms with E-state index in [4.69, 9.17) is 0 Å². The van der Waals surface area contributed by atoms with E-state index >= 15 is 0 Å². The Balaban J connectivity index is 1.63. The average Bonchev–Trinajstić information content (AvgIpc) is 2.39.